The third-order valence-corrected chi connectivity index (χ3v) is 4.89. The maximum Gasteiger partial charge on any atom is 0.407 e. The van der Waals surface area contributed by atoms with E-state index in [1.165, 1.54) is 7.11 Å². The number of carbonyl (C=O) groups is 3. The van der Waals surface area contributed by atoms with E-state index >= 15 is 0 Å². The van der Waals surface area contributed by atoms with Crippen LogP contribution in [0.3, 0.4) is 0 Å². The minimum atomic E-state index is -0.574. The van der Waals surface area contributed by atoms with Crippen molar-refractivity contribution in [2.24, 2.45) is 0 Å². The van der Waals surface area contributed by atoms with Crippen LogP contribution in [0.5, 0.6) is 0 Å². The normalized spacial score (nSPS) is 11.2. The van der Waals surface area contributed by atoms with Gasteiger partial charge >= 0.3 is 18.2 Å². The summed E-state index contributed by atoms with van der Waals surface area (Å²) in [6, 6.07) is 18.4. The molecule has 2 amide bonds. The summed E-state index contributed by atoms with van der Waals surface area (Å²) < 4.78 is 15.1. The van der Waals surface area contributed by atoms with E-state index in [1.54, 1.807) is 0 Å². The fourth-order valence-electron chi connectivity index (χ4n) is 3.10. The lowest BCUT2D eigenvalue weighted by Gasteiger charge is -2.17. The van der Waals surface area contributed by atoms with Crippen molar-refractivity contribution in [3.8, 4) is 0 Å². The second-order valence-electron chi connectivity index (χ2n) is 7.52. The summed E-state index contributed by atoms with van der Waals surface area (Å²) in [6.07, 6.45) is 1.97. The average molecular weight is 457 g/mol. The number of esters is 1. The molecule has 1 atom stereocenters. The number of hydrogen-bond donors (Lipinski definition) is 2. The molecule has 0 bridgehead atoms. The fraction of sp³-hybridized carbons (Fsp3) is 0.400. The highest BCUT2D eigenvalue weighted by Gasteiger charge is 2.17. The molecule has 2 rings (SSSR count). The van der Waals surface area contributed by atoms with Crippen molar-refractivity contribution < 1.29 is 28.6 Å². The summed E-state index contributed by atoms with van der Waals surface area (Å²) in [5, 5.41) is 5.46. The van der Waals surface area contributed by atoms with Gasteiger partial charge in [0, 0.05) is 12.6 Å². The van der Waals surface area contributed by atoms with Gasteiger partial charge in [0.15, 0.2) is 0 Å². The van der Waals surface area contributed by atoms with Crippen molar-refractivity contribution in [1.29, 1.82) is 0 Å². The molecule has 2 aromatic rings. The van der Waals surface area contributed by atoms with Gasteiger partial charge < -0.3 is 24.8 Å². The number of amides is 2. The van der Waals surface area contributed by atoms with Crippen LogP contribution in [-0.4, -0.2) is 37.9 Å². The van der Waals surface area contributed by atoms with E-state index in [9.17, 15) is 14.4 Å². The summed E-state index contributed by atoms with van der Waals surface area (Å²) in [6.45, 7) is 0.874. The lowest BCUT2D eigenvalue weighted by Crippen LogP contribution is -2.37. The Hall–Kier alpha value is -3.55. The van der Waals surface area contributed by atoms with Gasteiger partial charge in [0.25, 0.3) is 0 Å². The molecule has 0 saturated heterocycles. The third-order valence-electron chi connectivity index (χ3n) is 4.89. The van der Waals surface area contributed by atoms with Gasteiger partial charge in [-0.25, -0.2) is 9.59 Å². The van der Waals surface area contributed by atoms with E-state index in [0.717, 1.165) is 30.4 Å². The molecule has 0 aromatic heterocycles. The Kier molecular flexibility index (Phi) is 11.9. The molecule has 33 heavy (non-hydrogen) atoms. The van der Waals surface area contributed by atoms with Crippen LogP contribution in [0.25, 0.3) is 0 Å². The zero-order valence-corrected chi connectivity index (χ0v) is 19.0. The van der Waals surface area contributed by atoms with Crippen LogP contribution in [0.2, 0.25) is 0 Å². The monoisotopic (exact) mass is 456 g/mol. The summed E-state index contributed by atoms with van der Waals surface area (Å²) in [4.78, 5) is 35.6. The number of alkyl carbamates (subject to hydrolysis) is 2. The Bertz CT molecular complexity index is 844. The van der Waals surface area contributed by atoms with Crippen molar-refractivity contribution in [3.05, 3.63) is 71.8 Å². The molecule has 2 aromatic carbocycles. The second-order valence-corrected chi connectivity index (χ2v) is 7.52. The number of unbranched alkanes of at least 4 members (excludes halogenated alkanes) is 2. The summed E-state index contributed by atoms with van der Waals surface area (Å²) in [5.41, 5.74) is 1.81. The van der Waals surface area contributed by atoms with Crippen LogP contribution >= 0.6 is 0 Å². The number of ether oxygens (including phenoxy) is 3. The molecule has 0 radical (unpaired) electrons. The van der Waals surface area contributed by atoms with E-state index in [-0.39, 0.29) is 25.7 Å². The highest BCUT2D eigenvalue weighted by atomic mass is 16.6. The topological polar surface area (TPSA) is 103 Å². The van der Waals surface area contributed by atoms with Crippen molar-refractivity contribution in [3.63, 3.8) is 0 Å². The minimum absolute atomic E-state index is 0.0704. The summed E-state index contributed by atoms with van der Waals surface area (Å²) in [7, 11) is 1.32. The number of hydrogen-bond acceptors (Lipinski definition) is 6. The lowest BCUT2D eigenvalue weighted by molar-refractivity contribution is -0.141. The SMILES string of the molecule is COC(=O)CC(CCCCCNC(=O)OCc1ccccc1)NC(=O)OCc1ccccc1. The van der Waals surface area contributed by atoms with E-state index in [1.807, 2.05) is 60.7 Å². The van der Waals surface area contributed by atoms with Gasteiger partial charge in [0.2, 0.25) is 0 Å². The van der Waals surface area contributed by atoms with Gasteiger partial charge in [-0.2, -0.15) is 0 Å². The number of benzene rings is 2. The Morgan fingerprint density at radius 2 is 1.36 bits per heavy atom. The van der Waals surface area contributed by atoms with Crippen molar-refractivity contribution >= 4 is 18.2 Å². The number of methoxy groups -OCH3 is 1. The first-order valence-corrected chi connectivity index (χ1v) is 11.1. The van der Waals surface area contributed by atoms with Gasteiger partial charge in [-0.3, -0.25) is 4.79 Å². The summed E-state index contributed by atoms with van der Waals surface area (Å²) >= 11 is 0. The maximum atomic E-state index is 12.1. The number of rotatable bonds is 13. The summed E-state index contributed by atoms with van der Waals surface area (Å²) in [5.74, 6) is -0.397. The zero-order chi connectivity index (χ0) is 23.7. The molecule has 8 nitrogen and oxygen atoms in total. The van der Waals surface area contributed by atoms with E-state index in [2.05, 4.69) is 10.6 Å². The van der Waals surface area contributed by atoms with Crippen molar-refractivity contribution in [2.75, 3.05) is 13.7 Å². The molecule has 2 N–H and O–H groups in total. The maximum absolute atomic E-state index is 12.1. The number of carbonyl (C=O) groups excluding carboxylic acids is 3. The molecule has 0 aliphatic heterocycles. The van der Waals surface area contributed by atoms with Crippen molar-refractivity contribution in [2.45, 2.75) is 51.4 Å². The Morgan fingerprint density at radius 3 is 1.94 bits per heavy atom. The molecule has 0 fully saturated rings. The highest BCUT2D eigenvalue weighted by molar-refractivity contribution is 5.72. The predicted octanol–water partition coefficient (Wildman–Crippen LogP) is 4.33. The Morgan fingerprint density at radius 1 is 0.788 bits per heavy atom. The predicted molar refractivity (Wildman–Crippen MR) is 123 cm³/mol. The van der Waals surface area contributed by atoms with Gasteiger partial charge in [0.05, 0.1) is 13.5 Å². The fourth-order valence-corrected chi connectivity index (χ4v) is 3.10. The van der Waals surface area contributed by atoms with Crippen LogP contribution < -0.4 is 10.6 Å². The van der Waals surface area contributed by atoms with Crippen LogP contribution in [0, 0.1) is 0 Å². The van der Waals surface area contributed by atoms with E-state index in [0.29, 0.717) is 13.0 Å². The lowest BCUT2D eigenvalue weighted by atomic mass is 10.1. The van der Waals surface area contributed by atoms with Crippen LogP contribution in [0.15, 0.2) is 60.7 Å². The molecule has 1 unspecified atom stereocenters. The average Bonchev–Trinajstić information content (AvgIpc) is 2.84. The molecule has 0 spiro atoms. The first kappa shape index (κ1) is 25.7. The molecular weight excluding hydrogens is 424 g/mol. The molecule has 0 aliphatic carbocycles. The largest absolute Gasteiger partial charge is 0.469 e. The molecule has 0 heterocycles. The van der Waals surface area contributed by atoms with Crippen LogP contribution in [-0.2, 0) is 32.2 Å². The molecule has 178 valence electrons. The quantitative estimate of drug-likeness (QED) is 0.264. The van der Waals surface area contributed by atoms with E-state index in [4.69, 9.17) is 14.2 Å². The first-order valence-electron chi connectivity index (χ1n) is 11.1. The van der Waals surface area contributed by atoms with Gasteiger partial charge in [-0.05, 0) is 24.0 Å². The third kappa shape index (κ3) is 11.6. The molecule has 0 aliphatic rings. The highest BCUT2D eigenvalue weighted by Crippen LogP contribution is 2.09. The van der Waals surface area contributed by atoms with Gasteiger partial charge in [0.1, 0.15) is 13.2 Å². The molecule has 0 saturated carbocycles. The minimum Gasteiger partial charge on any atom is -0.469 e. The van der Waals surface area contributed by atoms with Crippen LogP contribution in [0.4, 0.5) is 9.59 Å². The van der Waals surface area contributed by atoms with Crippen molar-refractivity contribution in [1.82, 2.24) is 10.6 Å². The number of nitrogens with one attached hydrogen (secondary N) is 2. The molecular formula is C25H32N2O6. The Labute approximate surface area is 194 Å². The zero-order valence-electron chi connectivity index (χ0n) is 19.0. The smallest absolute Gasteiger partial charge is 0.407 e. The van der Waals surface area contributed by atoms with E-state index < -0.39 is 18.2 Å². The van der Waals surface area contributed by atoms with Gasteiger partial charge in [-0.1, -0.05) is 73.5 Å². The molecule has 8 heteroatoms. The van der Waals surface area contributed by atoms with Gasteiger partial charge in [-0.15, -0.1) is 0 Å². The second kappa shape index (κ2) is 15.3. The standard InChI is InChI=1S/C25H32N2O6/c1-31-23(28)17-22(27-25(30)33-19-21-13-7-3-8-14-21)15-9-4-10-16-26-24(29)32-18-20-11-5-2-6-12-20/h2-3,5-8,11-14,22H,4,9-10,15-19H2,1H3,(H,26,29)(H,27,30). The van der Waals surface area contributed by atoms with Crippen LogP contribution in [0.1, 0.15) is 43.2 Å². The first-order chi connectivity index (χ1) is 16.1. The Balaban J connectivity index is 1.61.